The van der Waals surface area contributed by atoms with Crippen LogP contribution in [0.4, 0.5) is 0 Å². The van der Waals surface area contributed by atoms with Gasteiger partial charge in [0.1, 0.15) is 12.2 Å². The monoisotopic (exact) mass is 481 g/mol. The molecule has 1 N–H and O–H groups in total. The minimum absolute atomic E-state index is 0.00437. The summed E-state index contributed by atoms with van der Waals surface area (Å²) >= 11 is 0. The van der Waals surface area contributed by atoms with Crippen LogP contribution in [0.5, 0.6) is 0 Å². The van der Waals surface area contributed by atoms with Crippen molar-refractivity contribution in [1.82, 2.24) is 0 Å². The van der Waals surface area contributed by atoms with Gasteiger partial charge in [0.25, 0.3) is 0 Å². The zero-order chi connectivity index (χ0) is 24.7. The maximum atomic E-state index is 11.0. The van der Waals surface area contributed by atoms with Crippen LogP contribution < -0.4 is 0 Å². The van der Waals surface area contributed by atoms with Gasteiger partial charge in [0, 0.05) is 11.1 Å². The molecule has 0 aromatic rings. The predicted octanol–water partition coefficient (Wildman–Crippen LogP) is 7.62. The first kappa shape index (κ1) is 32.2. The van der Waals surface area contributed by atoms with Crippen LogP contribution in [-0.2, 0) is 18.6 Å². The highest BCUT2D eigenvalue weighted by atomic mass is 31.2. The molecule has 0 aromatic carbocycles. The predicted molar refractivity (Wildman–Crippen MR) is 136 cm³/mol. The molecule has 0 heterocycles. The van der Waals surface area contributed by atoms with Crippen molar-refractivity contribution in [2.75, 3.05) is 26.7 Å². The lowest BCUT2D eigenvalue weighted by Gasteiger charge is -2.51. The van der Waals surface area contributed by atoms with E-state index < -0.39 is 8.17 Å². The molecule has 0 saturated heterocycles. The average Bonchev–Trinajstić information content (AvgIpc) is 2.72. The normalized spacial score (nSPS) is 16.7. The topological polar surface area (TPSA) is 57.2 Å². The summed E-state index contributed by atoms with van der Waals surface area (Å²) in [6, 6.07) is 0. The van der Waals surface area contributed by atoms with Crippen molar-refractivity contribution >= 4 is 8.17 Å². The molecule has 0 aromatic heterocycles. The fourth-order valence-electron chi connectivity index (χ4n) is 4.78. The van der Waals surface area contributed by atoms with E-state index in [4.69, 9.17) is 18.6 Å². The molecule has 0 aliphatic rings. The summed E-state index contributed by atoms with van der Waals surface area (Å²) in [4.78, 5) is 15.9. The lowest BCUT2D eigenvalue weighted by atomic mass is 9.89. The van der Waals surface area contributed by atoms with Crippen molar-refractivity contribution in [2.24, 2.45) is 0 Å². The molecule has 0 fully saturated rings. The van der Waals surface area contributed by atoms with Gasteiger partial charge in [-0.25, -0.2) is 0 Å². The van der Waals surface area contributed by atoms with Gasteiger partial charge in [-0.2, -0.15) is 9.78 Å². The van der Waals surface area contributed by atoms with Crippen LogP contribution in [0.1, 0.15) is 120 Å². The summed E-state index contributed by atoms with van der Waals surface area (Å²) in [5, 5.41) is 0. The third kappa shape index (κ3) is 11.1. The molecule has 194 valence electrons. The van der Waals surface area contributed by atoms with E-state index in [9.17, 15) is 4.89 Å². The second kappa shape index (κ2) is 16.8. The van der Waals surface area contributed by atoms with Gasteiger partial charge >= 0.3 is 8.17 Å². The highest BCUT2D eigenvalue weighted by Gasteiger charge is 2.52. The van der Waals surface area contributed by atoms with Crippen LogP contribution in [0, 0.1) is 0 Å². The Labute approximate surface area is 200 Å². The standard InChI is InChI=1S/C25H56NO5P/c1-10-15-19-26(20-16-11-2,21-17-12-3)25(7,8)22-23(6)29-32(27,31-28-9)30-24(14-5)18-13-4/h23-24,27H,10-22H2,1-9H3/q+2. The fraction of sp³-hybridized carbons (Fsp3) is 1.00. The number of rotatable bonds is 21. The molecule has 3 unspecified atom stereocenters. The lowest BCUT2D eigenvalue weighted by Crippen LogP contribution is -2.63. The number of hydrogen-bond acceptors (Lipinski definition) is 5. The van der Waals surface area contributed by atoms with Crippen LogP contribution in [-0.4, -0.2) is 53.9 Å². The zero-order valence-electron chi connectivity index (χ0n) is 22.8. The Bertz CT molecular complexity index is 444. The van der Waals surface area contributed by atoms with E-state index in [-0.39, 0.29) is 17.7 Å². The maximum Gasteiger partial charge on any atom is 0.603 e. The Morgan fingerprint density at radius 2 is 1.34 bits per heavy atom. The number of unbranched alkanes of at least 4 members (excludes halogenated alkanes) is 3. The van der Waals surface area contributed by atoms with Crippen molar-refractivity contribution in [1.29, 1.82) is 0 Å². The van der Waals surface area contributed by atoms with Crippen LogP contribution in [0.15, 0.2) is 0 Å². The van der Waals surface area contributed by atoms with Crippen LogP contribution in [0.3, 0.4) is 0 Å². The Morgan fingerprint density at radius 1 is 0.844 bits per heavy atom. The molecule has 0 aliphatic heterocycles. The molecule has 32 heavy (non-hydrogen) atoms. The lowest BCUT2D eigenvalue weighted by molar-refractivity contribution is -0.974. The minimum atomic E-state index is -3.56. The zero-order valence-corrected chi connectivity index (χ0v) is 23.7. The number of quaternary nitrogens is 1. The SMILES string of the molecule is CCCC[N+](CCCC)(CCCC)C(C)(C)CC(C)O[P+](O)(OOC)OC(CC)CCC. The third-order valence-electron chi connectivity index (χ3n) is 6.72. The van der Waals surface area contributed by atoms with Gasteiger partial charge in [-0.3, -0.25) is 0 Å². The molecule has 0 radical (unpaired) electrons. The van der Waals surface area contributed by atoms with Crippen LogP contribution >= 0.6 is 8.17 Å². The highest BCUT2D eigenvalue weighted by molar-refractivity contribution is 7.55. The van der Waals surface area contributed by atoms with Gasteiger partial charge in [0.15, 0.2) is 0 Å². The van der Waals surface area contributed by atoms with Gasteiger partial charge in [-0.1, -0.05) is 60.3 Å². The summed E-state index contributed by atoms with van der Waals surface area (Å²) < 4.78 is 18.3. The summed E-state index contributed by atoms with van der Waals surface area (Å²) in [6.07, 6.45) is 10.4. The van der Waals surface area contributed by atoms with Gasteiger partial charge in [0.05, 0.1) is 32.3 Å². The molecular formula is C25H56NO5P+2. The molecule has 0 bridgehead atoms. The maximum absolute atomic E-state index is 11.0. The number of hydrogen-bond donors (Lipinski definition) is 1. The average molecular weight is 482 g/mol. The first-order valence-corrected chi connectivity index (χ1v) is 14.7. The molecular weight excluding hydrogens is 425 g/mol. The first-order chi connectivity index (χ1) is 15.1. The molecule has 0 aliphatic carbocycles. The molecule has 0 spiro atoms. The van der Waals surface area contributed by atoms with E-state index in [1.807, 2.05) is 13.8 Å². The van der Waals surface area contributed by atoms with E-state index in [0.29, 0.717) is 0 Å². The summed E-state index contributed by atoms with van der Waals surface area (Å²) in [6.45, 7) is 21.3. The third-order valence-corrected chi connectivity index (χ3v) is 8.25. The van der Waals surface area contributed by atoms with Gasteiger partial charge in [-0.15, -0.1) is 9.05 Å². The first-order valence-electron chi connectivity index (χ1n) is 13.2. The van der Waals surface area contributed by atoms with Crippen molar-refractivity contribution in [2.45, 2.75) is 137 Å². The second-order valence-electron chi connectivity index (χ2n) is 9.94. The minimum Gasteiger partial charge on any atom is -0.319 e. The van der Waals surface area contributed by atoms with Crippen molar-refractivity contribution in [3.8, 4) is 0 Å². The number of nitrogens with zero attached hydrogens (tertiary/aromatic N) is 1. The van der Waals surface area contributed by atoms with Gasteiger partial charge < -0.3 is 4.48 Å². The van der Waals surface area contributed by atoms with Crippen LogP contribution in [0.2, 0.25) is 0 Å². The Hall–Kier alpha value is 0.190. The Balaban J connectivity index is 5.60. The van der Waals surface area contributed by atoms with E-state index in [1.54, 1.807) is 0 Å². The van der Waals surface area contributed by atoms with Crippen molar-refractivity contribution in [3.05, 3.63) is 0 Å². The summed E-state index contributed by atoms with van der Waals surface area (Å²) in [5.74, 6) is 0. The van der Waals surface area contributed by atoms with Gasteiger partial charge in [0.2, 0.25) is 0 Å². The Kier molecular flexibility index (Phi) is 16.9. The molecule has 6 nitrogen and oxygen atoms in total. The van der Waals surface area contributed by atoms with Crippen molar-refractivity contribution < 1.29 is 28.0 Å². The van der Waals surface area contributed by atoms with Crippen molar-refractivity contribution in [3.63, 3.8) is 0 Å². The molecule has 0 rings (SSSR count). The smallest absolute Gasteiger partial charge is 0.319 e. The van der Waals surface area contributed by atoms with Gasteiger partial charge in [-0.05, 0) is 52.9 Å². The Morgan fingerprint density at radius 3 is 1.72 bits per heavy atom. The van der Waals surface area contributed by atoms with E-state index in [2.05, 4.69) is 41.5 Å². The quantitative estimate of drug-likeness (QED) is 0.0791. The molecule has 7 heteroatoms. The largest absolute Gasteiger partial charge is 0.603 e. The molecule has 0 amide bonds. The van der Waals surface area contributed by atoms with E-state index >= 15 is 0 Å². The summed E-state index contributed by atoms with van der Waals surface area (Å²) in [5.41, 5.74) is 0.00437. The van der Waals surface area contributed by atoms with E-state index in [1.165, 1.54) is 65.3 Å². The van der Waals surface area contributed by atoms with Crippen LogP contribution in [0.25, 0.3) is 0 Å². The molecule has 0 saturated carbocycles. The summed E-state index contributed by atoms with van der Waals surface area (Å²) in [7, 11) is -2.17. The van der Waals surface area contributed by atoms with E-state index in [0.717, 1.165) is 30.2 Å². The highest BCUT2D eigenvalue weighted by Crippen LogP contribution is 2.61. The fourth-order valence-corrected chi connectivity index (χ4v) is 6.25. The molecule has 3 atom stereocenters. The second-order valence-corrected chi connectivity index (χ2v) is 11.5.